The lowest BCUT2D eigenvalue weighted by molar-refractivity contribution is -0.118. The van der Waals surface area contributed by atoms with E-state index in [4.69, 9.17) is 0 Å². The van der Waals surface area contributed by atoms with E-state index in [1.807, 2.05) is 18.2 Å². The Morgan fingerprint density at radius 3 is 2.62 bits per heavy atom. The lowest BCUT2D eigenvalue weighted by Gasteiger charge is -2.02. The summed E-state index contributed by atoms with van der Waals surface area (Å²) < 4.78 is 0. The van der Waals surface area contributed by atoms with Gasteiger partial charge in [0.2, 0.25) is 5.91 Å². The van der Waals surface area contributed by atoms with Crippen LogP contribution in [0.3, 0.4) is 0 Å². The molecule has 0 bridgehead atoms. The van der Waals surface area contributed by atoms with Crippen molar-refractivity contribution in [2.45, 2.75) is 12.8 Å². The summed E-state index contributed by atoms with van der Waals surface area (Å²) >= 11 is 0. The lowest BCUT2D eigenvalue weighted by atomic mass is 10.3. The van der Waals surface area contributed by atoms with Gasteiger partial charge in [-0.2, -0.15) is 0 Å². The van der Waals surface area contributed by atoms with Crippen molar-refractivity contribution < 1.29 is 9.59 Å². The molecule has 0 fully saturated rings. The third kappa shape index (κ3) is 3.51. The Bertz CT molecular complexity index is 282. The van der Waals surface area contributed by atoms with Crippen molar-refractivity contribution in [2.75, 3.05) is 5.32 Å². The van der Waals surface area contributed by atoms with Crippen LogP contribution in [0.4, 0.5) is 5.69 Å². The summed E-state index contributed by atoms with van der Waals surface area (Å²) in [5.41, 5.74) is 0.762. The molecule has 0 atom stereocenters. The maximum Gasteiger partial charge on any atom is 0.224 e. The van der Waals surface area contributed by atoms with E-state index in [-0.39, 0.29) is 18.7 Å². The third-order valence-electron chi connectivity index (χ3n) is 1.55. The van der Waals surface area contributed by atoms with Gasteiger partial charge in [0, 0.05) is 18.5 Å². The van der Waals surface area contributed by atoms with E-state index in [1.54, 1.807) is 12.1 Å². The minimum absolute atomic E-state index is 0.127. The van der Waals surface area contributed by atoms with Crippen molar-refractivity contribution >= 4 is 17.9 Å². The fraction of sp³-hybridized carbons (Fsp3) is 0.200. The quantitative estimate of drug-likeness (QED) is 0.710. The average molecular weight is 177 g/mol. The Morgan fingerprint density at radius 2 is 2.00 bits per heavy atom. The summed E-state index contributed by atoms with van der Waals surface area (Å²) in [5, 5.41) is 2.68. The van der Waals surface area contributed by atoms with Gasteiger partial charge in [-0.3, -0.25) is 4.79 Å². The molecule has 13 heavy (non-hydrogen) atoms. The Balaban J connectivity index is 2.41. The van der Waals surface area contributed by atoms with Crippen molar-refractivity contribution in [3.63, 3.8) is 0 Å². The van der Waals surface area contributed by atoms with Gasteiger partial charge >= 0.3 is 0 Å². The second kappa shape index (κ2) is 5.09. The van der Waals surface area contributed by atoms with Gasteiger partial charge in [-0.25, -0.2) is 0 Å². The standard InChI is InChI=1S/C10H11NO2/c12-8-4-7-10(13)11-9-5-2-1-3-6-9/h1-3,5-6,8H,4,7H2,(H,11,13). The van der Waals surface area contributed by atoms with Gasteiger partial charge in [0.25, 0.3) is 0 Å². The average Bonchev–Trinajstić information content (AvgIpc) is 2.16. The number of carbonyl (C=O) groups is 2. The number of aldehydes is 1. The van der Waals surface area contributed by atoms with Crippen LogP contribution < -0.4 is 5.32 Å². The first-order valence-corrected chi connectivity index (χ1v) is 4.11. The minimum atomic E-state index is -0.127. The zero-order chi connectivity index (χ0) is 9.52. The van der Waals surface area contributed by atoms with Crippen LogP contribution in [0.5, 0.6) is 0 Å². The smallest absolute Gasteiger partial charge is 0.224 e. The Labute approximate surface area is 76.8 Å². The molecule has 0 aliphatic carbocycles. The summed E-state index contributed by atoms with van der Waals surface area (Å²) in [6.07, 6.45) is 1.27. The van der Waals surface area contributed by atoms with Gasteiger partial charge in [-0.1, -0.05) is 18.2 Å². The Kier molecular flexibility index (Phi) is 3.70. The van der Waals surface area contributed by atoms with Crippen LogP contribution in [0.1, 0.15) is 12.8 Å². The highest BCUT2D eigenvalue weighted by Crippen LogP contribution is 2.05. The molecule has 1 aromatic carbocycles. The second-order valence-electron chi connectivity index (χ2n) is 2.62. The molecule has 0 aliphatic rings. The zero-order valence-electron chi connectivity index (χ0n) is 7.19. The maximum atomic E-state index is 11.1. The minimum Gasteiger partial charge on any atom is -0.326 e. The highest BCUT2D eigenvalue weighted by molar-refractivity contribution is 5.91. The number of nitrogens with one attached hydrogen (secondary N) is 1. The van der Waals surface area contributed by atoms with E-state index in [0.29, 0.717) is 0 Å². The molecule has 0 unspecified atom stereocenters. The van der Waals surface area contributed by atoms with Gasteiger partial charge in [0.1, 0.15) is 6.29 Å². The molecule has 0 aromatic heterocycles. The van der Waals surface area contributed by atoms with Gasteiger partial charge < -0.3 is 10.1 Å². The van der Waals surface area contributed by atoms with Crippen molar-refractivity contribution in [1.82, 2.24) is 0 Å². The highest BCUT2D eigenvalue weighted by atomic mass is 16.1. The fourth-order valence-corrected chi connectivity index (χ4v) is 0.935. The summed E-state index contributed by atoms with van der Waals surface area (Å²) in [4.78, 5) is 21.1. The molecule has 3 nitrogen and oxygen atoms in total. The lowest BCUT2D eigenvalue weighted by Crippen LogP contribution is -2.10. The summed E-state index contributed by atoms with van der Waals surface area (Å²) in [7, 11) is 0. The molecule has 1 amide bonds. The van der Waals surface area contributed by atoms with Crippen LogP contribution in [0, 0.1) is 0 Å². The SMILES string of the molecule is O=CCCC(=O)Nc1ccccc1. The monoisotopic (exact) mass is 177 g/mol. The molecule has 0 spiro atoms. The number of benzene rings is 1. The summed E-state index contributed by atoms with van der Waals surface area (Å²) in [5.74, 6) is -0.127. The van der Waals surface area contributed by atoms with Crippen molar-refractivity contribution in [2.24, 2.45) is 0 Å². The van der Waals surface area contributed by atoms with E-state index >= 15 is 0 Å². The van der Waals surface area contributed by atoms with E-state index in [2.05, 4.69) is 5.32 Å². The number of hydrogen-bond donors (Lipinski definition) is 1. The molecule has 0 heterocycles. The normalized spacial score (nSPS) is 9.23. The van der Waals surface area contributed by atoms with Crippen molar-refractivity contribution in [1.29, 1.82) is 0 Å². The van der Waals surface area contributed by atoms with Crippen molar-refractivity contribution in [3.05, 3.63) is 30.3 Å². The van der Waals surface area contributed by atoms with E-state index in [9.17, 15) is 9.59 Å². The van der Waals surface area contributed by atoms with Gasteiger partial charge in [-0.15, -0.1) is 0 Å². The number of carbonyl (C=O) groups excluding carboxylic acids is 2. The van der Waals surface area contributed by atoms with Crippen LogP contribution in [-0.4, -0.2) is 12.2 Å². The molecule has 1 aromatic rings. The Hall–Kier alpha value is -1.64. The van der Waals surface area contributed by atoms with Crippen LogP contribution in [-0.2, 0) is 9.59 Å². The van der Waals surface area contributed by atoms with Crippen LogP contribution in [0.25, 0.3) is 0 Å². The molecule has 0 saturated heterocycles. The molecule has 1 rings (SSSR count). The number of amides is 1. The molecule has 68 valence electrons. The van der Waals surface area contributed by atoms with E-state index < -0.39 is 0 Å². The summed E-state index contributed by atoms with van der Waals surface area (Å²) in [6, 6.07) is 9.17. The molecular formula is C10H11NO2. The number of hydrogen-bond acceptors (Lipinski definition) is 2. The third-order valence-corrected chi connectivity index (χ3v) is 1.55. The number of rotatable bonds is 4. The summed E-state index contributed by atoms with van der Waals surface area (Å²) in [6.45, 7) is 0. The van der Waals surface area contributed by atoms with Crippen molar-refractivity contribution in [3.8, 4) is 0 Å². The fourth-order valence-electron chi connectivity index (χ4n) is 0.935. The molecular weight excluding hydrogens is 166 g/mol. The van der Waals surface area contributed by atoms with Gasteiger partial charge in [0.15, 0.2) is 0 Å². The Morgan fingerprint density at radius 1 is 1.31 bits per heavy atom. The topological polar surface area (TPSA) is 46.2 Å². The predicted octanol–water partition coefficient (Wildman–Crippen LogP) is 1.60. The van der Waals surface area contributed by atoms with Crippen LogP contribution in [0.15, 0.2) is 30.3 Å². The molecule has 1 N–H and O–H groups in total. The zero-order valence-corrected chi connectivity index (χ0v) is 7.19. The van der Waals surface area contributed by atoms with Crippen LogP contribution in [0.2, 0.25) is 0 Å². The number of para-hydroxylation sites is 1. The van der Waals surface area contributed by atoms with Crippen LogP contribution >= 0.6 is 0 Å². The first kappa shape index (κ1) is 9.45. The van der Waals surface area contributed by atoms with E-state index in [1.165, 1.54) is 0 Å². The van der Waals surface area contributed by atoms with E-state index in [0.717, 1.165) is 12.0 Å². The molecule has 3 heteroatoms. The van der Waals surface area contributed by atoms with Gasteiger partial charge in [-0.05, 0) is 12.1 Å². The molecule has 0 radical (unpaired) electrons. The first-order valence-electron chi connectivity index (χ1n) is 4.11. The first-order chi connectivity index (χ1) is 6.33. The predicted molar refractivity (Wildman–Crippen MR) is 50.4 cm³/mol. The maximum absolute atomic E-state index is 11.1. The van der Waals surface area contributed by atoms with Gasteiger partial charge in [0.05, 0.1) is 0 Å². The highest BCUT2D eigenvalue weighted by Gasteiger charge is 1.99. The largest absolute Gasteiger partial charge is 0.326 e. The molecule has 0 aliphatic heterocycles. The molecule has 0 saturated carbocycles. The second-order valence-corrected chi connectivity index (χ2v) is 2.62. The number of anilines is 1.